The van der Waals surface area contributed by atoms with Gasteiger partial charge in [-0.1, -0.05) is 48.1 Å². The van der Waals surface area contributed by atoms with Crippen LogP contribution in [0, 0.1) is 18.3 Å². The molecule has 10 nitrogen and oxygen atoms in total. The second kappa shape index (κ2) is 10.6. The van der Waals surface area contributed by atoms with E-state index < -0.39 is 15.9 Å². The van der Waals surface area contributed by atoms with Gasteiger partial charge in [0.2, 0.25) is 16.0 Å². The largest absolute Gasteiger partial charge is 0.334 e. The van der Waals surface area contributed by atoms with E-state index in [1.54, 1.807) is 0 Å². The molecule has 2 aromatic heterocycles. The maximum atomic E-state index is 13.1. The second-order valence-corrected chi connectivity index (χ2v) is 11.5. The summed E-state index contributed by atoms with van der Waals surface area (Å²) >= 11 is 1.16. The highest BCUT2D eigenvalue weighted by Gasteiger charge is 2.31. The number of benzene rings is 1. The molecular formula is C24H27N7O3S2. The highest BCUT2D eigenvalue weighted by Crippen LogP contribution is 2.36. The molecule has 1 fully saturated rings. The number of nitrogens with zero attached hydrogens (tertiary/aromatic N) is 5. The average molecular weight is 526 g/mol. The van der Waals surface area contributed by atoms with Gasteiger partial charge >= 0.3 is 0 Å². The van der Waals surface area contributed by atoms with E-state index in [4.69, 9.17) is 10.2 Å². The van der Waals surface area contributed by atoms with Gasteiger partial charge in [-0.25, -0.2) is 23.1 Å². The number of nitrogens with one attached hydrogen (secondary N) is 2. The average Bonchev–Trinajstić information content (AvgIpc) is 3.53. The van der Waals surface area contributed by atoms with Gasteiger partial charge in [-0.2, -0.15) is 10.2 Å². The smallest absolute Gasteiger partial charge is 0.283 e. The number of thiazole rings is 1. The Morgan fingerprint density at radius 3 is 2.64 bits per heavy atom. The maximum Gasteiger partial charge on any atom is 0.283 e. The summed E-state index contributed by atoms with van der Waals surface area (Å²) in [6.07, 6.45) is 3.64. The van der Waals surface area contributed by atoms with Gasteiger partial charge in [0.05, 0.1) is 18.0 Å². The lowest BCUT2D eigenvalue weighted by molar-refractivity contribution is 0.0975. The zero-order chi connectivity index (χ0) is 25.9. The number of amides is 1. The number of rotatable bonds is 8. The Hall–Kier alpha value is -3.56. The van der Waals surface area contributed by atoms with Crippen molar-refractivity contribution in [3.63, 3.8) is 0 Å². The molecule has 0 radical (unpaired) electrons. The minimum absolute atomic E-state index is 0.00589. The molecule has 1 aliphatic heterocycles. The molecule has 2 N–H and O–H groups in total. The third-order valence-electron chi connectivity index (χ3n) is 6.01. The van der Waals surface area contributed by atoms with Crippen LogP contribution in [-0.4, -0.2) is 41.6 Å². The summed E-state index contributed by atoms with van der Waals surface area (Å²) in [7, 11) is -3.79. The normalized spacial score (nSPS) is 15.5. The van der Waals surface area contributed by atoms with Gasteiger partial charge in [0.25, 0.3) is 5.91 Å². The van der Waals surface area contributed by atoms with Crippen molar-refractivity contribution >= 4 is 44.2 Å². The lowest BCUT2D eigenvalue weighted by atomic mass is 10.0. The summed E-state index contributed by atoms with van der Waals surface area (Å²) in [5.74, 6) is -0.354. The molecule has 3 aromatic rings. The SMILES string of the molecule is CCc1c(Nc2ncc(C#N)s2)nc(N2CCC[C@H]2c2ccc(C)cc2)nc1C(=O)NS(=O)(=O)CC. The highest BCUT2D eigenvalue weighted by molar-refractivity contribution is 7.90. The number of aromatic nitrogens is 3. The number of nitriles is 1. The van der Waals surface area contributed by atoms with Crippen molar-refractivity contribution in [2.75, 3.05) is 22.5 Å². The monoisotopic (exact) mass is 525 g/mol. The Morgan fingerprint density at radius 1 is 1.25 bits per heavy atom. The van der Waals surface area contributed by atoms with E-state index in [1.807, 2.05) is 18.7 Å². The summed E-state index contributed by atoms with van der Waals surface area (Å²) in [4.78, 5) is 29.2. The Morgan fingerprint density at radius 2 is 2.00 bits per heavy atom. The van der Waals surface area contributed by atoms with Gasteiger partial charge in [-0.3, -0.25) is 4.79 Å². The molecule has 0 saturated carbocycles. The van der Waals surface area contributed by atoms with Gasteiger partial charge in [0.15, 0.2) is 5.13 Å². The van der Waals surface area contributed by atoms with Gasteiger partial charge in [0, 0.05) is 12.1 Å². The zero-order valence-electron chi connectivity index (χ0n) is 20.3. The number of carbonyl (C=O) groups excluding carboxylic acids is 1. The van der Waals surface area contributed by atoms with Crippen molar-refractivity contribution in [3.05, 3.63) is 57.7 Å². The minimum Gasteiger partial charge on any atom is -0.334 e. The number of sulfonamides is 1. The van der Waals surface area contributed by atoms with Crippen molar-refractivity contribution in [3.8, 4) is 6.07 Å². The predicted molar refractivity (Wildman–Crippen MR) is 139 cm³/mol. The first-order valence-electron chi connectivity index (χ1n) is 11.7. The molecule has 4 rings (SSSR count). The first kappa shape index (κ1) is 25.5. The highest BCUT2D eigenvalue weighted by atomic mass is 32.2. The first-order chi connectivity index (χ1) is 17.2. The molecular weight excluding hydrogens is 498 g/mol. The molecule has 12 heteroatoms. The molecule has 1 atom stereocenters. The van der Waals surface area contributed by atoms with E-state index in [9.17, 15) is 13.2 Å². The molecule has 3 heterocycles. The lowest BCUT2D eigenvalue weighted by Gasteiger charge is -2.26. The van der Waals surface area contributed by atoms with Crippen LogP contribution < -0.4 is 14.9 Å². The predicted octanol–water partition coefficient (Wildman–Crippen LogP) is 3.84. The van der Waals surface area contributed by atoms with Crippen LogP contribution in [0.25, 0.3) is 0 Å². The van der Waals surface area contributed by atoms with Crippen molar-refractivity contribution in [1.82, 2.24) is 19.7 Å². The van der Waals surface area contributed by atoms with E-state index in [-0.39, 0.29) is 17.5 Å². The summed E-state index contributed by atoms with van der Waals surface area (Å²) in [6.45, 7) is 6.02. The van der Waals surface area contributed by atoms with Crippen LogP contribution in [-0.2, 0) is 16.4 Å². The van der Waals surface area contributed by atoms with Crippen molar-refractivity contribution < 1.29 is 13.2 Å². The van der Waals surface area contributed by atoms with Crippen LogP contribution >= 0.6 is 11.3 Å². The van der Waals surface area contributed by atoms with E-state index in [2.05, 4.69) is 50.3 Å². The van der Waals surface area contributed by atoms with E-state index in [1.165, 1.54) is 13.1 Å². The molecule has 0 bridgehead atoms. The van der Waals surface area contributed by atoms with E-state index in [0.717, 1.165) is 35.3 Å². The second-order valence-electron chi connectivity index (χ2n) is 8.42. The zero-order valence-corrected chi connectivity index (χ0v) is 21.9. The van der Waals surface area contributed by atoms with Crippen molar-refractivity contribution in [2.24, 2.45) is 0 Å². The summed E-state index contributed by atoms with van der Waals surface area (Å²) in [5, 5.41) is 12.7. The Kier molecular flexibility index (Phi) is 7.51. The van der Waals surface area contributed by atoms with Crippen LogP contribution in [0.15, 0.2) is 30.5 Å². The van der Waals surface area contributed by atoms with Crippen LogP contribution in [0.3, 0.4) is 0 Å². The van der Waals surface area contributed by atoms with Crippen LogP contribution in [0.4, 0.5) is 16.9 Å². The first-order valence-corrected chi connectivity index (χ1v) is 14.1. The number of carbonyl (C=O) groups is 1. The third-order valence-corrected chi connectivity index (χ3v) is 8.08. The Bertz CT molecular complexity index is 1410. The molecule has 0 unspecified atom stereocenters. The maximum absolute atomic E-state index is 13.1. The summed E-state index contributed by atoms with van der Waals surface area (Å²) in [5.41, 5.74) is 2.74. The molecule has 0 spiro atoms. The molecule has 1 aliphatic rings. The number of anilines is 3. The Balaban J connectivity index is 1.81. The molecule has 36 heavy (non-hydrogen) atoms. The quantitative estimate of drug-likeness (QED) is 0.449. The molecule has 0 aliphatic carbocycles. The Labute approximate surface area is 214 Å². The third kappa shape index (κ3) is 5.47. The van der Waals surface area contributed by atoms with E-state index >= 15 is 0 Å². The molecule has 188 valence electrons. The number of hydrogen-bond acceptors (Lipinski definition) is 10. The van der Waals surface area contributed by atoms with Crippen LogP contribution in [0.1, 0.15) is 64.8 Å². The summed E-state index contributed by atoms with van der Waals surface area (Å²) < 4.78 is 26.4. The standard InChI is InChI=1S/C24H27N7O3S2/c1-4-18-20(22(32)30-36(33,34)5-2)27-23(28-21(18)29-24-26-14-17(13-25)35-24)31-12-6-7-19(31)16-10-8-15(3)9-11-16/h8-11,14,19H,4-7,12H2,1-3H3,(H,30,32)(H,26,27,28,29)/t19-/m0/s1. The number of hydrogen-bond donors (Lipinski definition) is 2. The van der Waals surface area contributed by atoms with Gasteiger partial charge in [-0.05, 0) is 38.7 Å². The molecule has 1 saturated heterocycles. The van der Waals surface area contributed by atoms with Crippen molar-refractivity contribution in [1.29, 1.82) is 5.26 Å². The van der Waals surface area contributed by atoms with Crippen LogP contribution in [0.2, 0.25) is 0 Å². The van der Waals surface area contributed by atoms with Gasteiger partial charge in [0.1, 0.15) is 22.5 Å². The molecule has 1 amide bonds. The fourth-order valence-corrected chi connectivity index (χ4v) is 5.25. The minimum atomic E-state index is -3.79. The van der Waals surface area contributed by atoms with Gasteiger partial charge in [-0.15, -0.1) is 0 Å². The van der Waals surface area contributed by atoms with Crippen LogP contribution in [0.5, 0.6) is 0 Å². The fraction of sp³-hybridized carbons (Fsp3) is 0.375. The van der Waals surface area contributed by atoms with E-state index in [0.29, 0.717) is 40.3 Å². The van der Waals surface area contributed by atoms with Crippen molar-refractivity contribution in [2.45, 2.75) is 46.1 Å². The lowest BCUT2D eigenvalue weighted by Crippen LogP contribution is -2.34. The topological polar surface area (TPSA) is 141 Å². The summed E-state index contributed by atoms with van der Waals surface area (Å²) in [6, 6.07) is 10.4. The fourth-order valence-electron chi connectivity index (χ4n) is 4.11. The van der Waals surface area contributed by atoms with Gasteiger partial charge < -0.3 is 10.2 Å². The molecule has 1 aromatic carbocycles. The number of aryl methyl sites for hydroxylation is 1.